The molecule has 0 bridgehead atoms. The molecule has 2 rings (SSSR count). The van der Waals surface area contributed by atoms with E-state index < -0.39 is 5.97 Å². The van der Waals surface area contributed by atoms with Gasteiger partial charge in [0.25, 0.3) is 0 Å². The van der Waals surface area contributed by atoms with Gasteiger partial charge in [-0.15, -0.1) is 11.6 Å². The van der Waals surface area contributed by atoms with E-state index >= 15 is 0 Å². The molecule has 1 aliphatic rings. The molecule has 1 aromatic carbocycles. The van der Waals surface area contributed by atoms with E-state index in [-0.39, 0.29) is 12.7 Å². The van der Waals surface area contributed by atoms with Crippen molar-refractivity contribution in [1.29, 1.82) is 0 Å². The topological polar surface area (TPSA) is 72.5 Å². The Hall–Kier alpha value is -1.22. The molecule has 152 valence electrons. The lowest BCUT2D eigenvalue weighted by molar-refractivity contribution is -0.0689. The van der Waals surface area contributed by atoms with Crippen molar-refractivity contribution < 1.29 is 33.2 Å². The maximum atomic E-state index is 12.2. The molecule has 1 saturated heterocycles. The second-order valence-corrected chi connectivity index (χ2v) is 6.10. The van der Waals surface area contributed by atoms with Crippen LogP contribution in [-0.4, -0.2) is 78.1 Å². The van der Waals surface area contributed by atoms with Gasteiger partial charge in [-0.25, -0.2) is 4.79 Å². The first-order chi connectivity index (χ1) is 13.3. The van der Waals surface area contributed by atoms with Gasteiger partial charge in [-0.3, -0.25) is 0 Å². The highest BCUT2D eigenvalue weighted by Crippen LogP contribution is 2.09. The van der Waals surface area contributed by atoms with Crippen LogP contribution < -0.4 is 0 Å². The SMILES string of the molecule is O=C(OCC1COCCOCCOCCOCCO1)c1ccc(CCl)cc1. The number of ether oxygens (including phenoxy) is 6. The molecule has 0 aromatic heterocycles. The Morgan fingerprint density at radius 1 is 0.889 bits per heavy atom. The molecule has 8 heteroatoms. The molecule has 1 unspecified atom stereocenters. The molecular weight excluding hydrogens is 376 g/mol. The summed E-state index contributed by atoms with van der Waals surface area (Å²) in [5.41, 5.74) is 1.41. The fraction of sp³-hybridized carbons (Fsp3) is 0.632. The number of hydrogen-bond acceptors (Lipinski definition) is 7. The van der Waals surface area contributed by atoms with Crippen LogP contribution in [0.1, 0.15) is 15.9 Å². The van der Waals surface area contributed by atoms with Crippen LogP contribution in [0.2, 0.25) is 0 Å². The molecule has 1 atom stereocenters. The first kappa shape index (κ1) is 22.1. The Kier molecular flexibility index (Phi) is 11.3. The highest BCUT2D eigenvalue weighted by molar-refractivity contribution is 6.17. The van der Waals surface area contributed by atoms with Crippen molar-refractivity contribution in [1.82, 2.24) is 0 Å². The minimum absolute atomic E-state index is 0.0973. The van der Waals surface area contributed by atoms with E-state index in [1.807, 2.05) is 0 Å². The Morgan fingerprint density at radius 3 is 2.04 bits per heavy atom. The van der Waals surface area contributed by atoms with Crippen molar-refractivity contribution in [2.24, 2.45) is 0 Å². The summed E-state index contributed by atoms with van der Waals surface area (Å²) in [7, 11) is 0. The van der Waals surface area contributed by atoms with Gasteiger partial charge in [-0.1, -0.05) is 12.1 Å². The van der Waals surface area contributed by atoms with E-state index in [0.717, 1.165) is 5.56 Å². The van der Waals surface area contributed by atoms with E-state index in [9.17, 15) is 4.79 Å². The normalized spacial score (nSPS) is 21.0. The van der Waals surface area contributed by atoms with Crippen LogP contribution in [0.5, 0.6) is 0 Å². The average Bonchev–Trinajstić information content (AvgIpc) is 2.71. The minimum atomic E-state index is -0.410. The maximum Gasteiger partial charge on any atom is 0.338 e. The van der Waals surface area contributed by atoms with Gasteiger partial charge in [0.15, 0.2) is 0 Å². The Balaban J connectivity index is 1.77. The molecule has 0 radical (unpaired) electrons. The Morgan fingerprint density at radius 2 is 1.44 bits per heavy atom. The van der Waals surface area contributed by atoms with E-state index in [2.05, 4.69) is 0 Å². The molecule has 1 heterocycles. The maximum absolute atomic E-state index is 12.2. The van der Waals surface area contributed by atoms with E-state index in [1.165, 1.54) is 0 Å². The van der Waals surface area contributed by atoms with Crippen molar-refractivity contribution in [3.63, 3.8) is 0 Å². The second kappa shape index (κ2) is 13.9. The lowest BCUT2D eigenvalue weighted by atomic mass is 10.1. The zero-order valence-electron chi connectivity index (χ0n) is 15.4. The number of benzene rings is 1. The zero-order valence-corrected chi connectivity index (χ0v) is 16.2. The van der Waals surface area contributed by atoms with Gasteiger partial charge in [-0.05, 0) is 17.7 Å². The summed E-state index contributed by atoms with van der Waals surface area (Å²) in [5.74, 6) is -0.00660. The standard InChI is InChI=1S/C19H27ClO7/c20-13-16-1-3-17(4-2-16)19(21)27-15-18-14-25-10-9-23-6-5-22-7-8-24-11-12-26-18/h1-4,18H,5-15H2. The summed E-state index contributed by atoms with van der Waals surface area (Å²) in [6, 6.07) is 6.99. The molecular formula is C19H27ClO7. The molecule has 1 fully saturated rings. The summed E-state index contributed by atoms with van der Waals surface area (Å²) in [6.07, 6.45) is -0.374. The Bertz CT molecular complexity index is 507. The van der Waals surface area contributed by atoms with Crippen LogP contribution in [0.3, 0.4) is 0 Å². The highest BCUT2D eigenvalue weighted by Gasteiger charge is 2.15. The summed E-state index contributed by atoms with van der Waals surface area (Å²) in [4.78, 5) is 12.2. The molecule has 0 saturated carbocycles. The van der Waals surface area contributed by atoms with Crippen LogP contribution in [0.4, 0.5) is 0 Å². The monoisotopic (exact) mass is 402 g/mol. The molecule has 0 spiro atoms. The number of hydrogen-bond donors (Lipinski definition) is 0. The van der Waals surface area contributed by atoms with Crippen molar-refractivity contribution in [3.8, 4) is 0 Å². The van der Waals surface area contributed by atoms with Gasteiger partial charge in [0.1, 0.15) is 12.7 Å². The number of halogens is 1. The van der Waals surface area contributed by atoms with Crippen molar-refractivity contribution >= 4 is 17.6 Å². The number of carbonyl (C=O) groups is 1. The molecule has 1 aromatic rings. The van der Waals surface area contributed by atoms with Crippen LogP contribution in [0, 0.1) is 0 Å². The summed E-state index contributed by atoms with van der Waals surface area (Å²) >= 11 is 5.75. The molecule has 1 aliphatic heterocycles. The second-order valence-electron chi connectivity index (χ2n) is 5.83. The van der Waals surface area contributed by atoms with Gasteiger partial charge in [0.05, 0.1) is 65.0 Å². The van der Waals surface area contributed by atoms with Gasteiger partial charge >= 0.3 is 5.97 Å². The average molecular weight is 403 g/mol. The third kappa shape index (κ3) is 9.51. The fourth-order valence-corrected chi connectivity index (χ4v) is 2.45. The quantitative estimate of drug-likeness (QED) is 0.563. The smallest absolute Gasteiger partial charge is 0.338 e. The number of esters is 1. The van der Waals surface area contributed by atoms with Gasteiger partial charge in [-0.2, -0.15) is 0 Å². The molecule has 0 N–H and O–H groups in total. The van der Waals surface area contributed by atoms with E-state index in [1.54, 1.807) is 24.3 Å². The van der Waals surface area contributed by atoms with Crippen LogP contribution in [0.15, 0.2) is 24.3 Å². The fourth-order valence-electron chi connectivity index (χ4n) is 2.27. The predicted octanol–water partition coefficient (Wildman–Crippen LogP) is 2.05. The number of rotatable bonds is 4. The first-order valence-electron chi connectivity index (χ1n) is 9.04. The zero-order chi connectivity index (χ0) is 19.2. The van der Waals surface area contributed by atoms with Crippen LogP contribution in [0.25, 0.3) is 0 Å². The van der Waals surface area contributed by atoms with Crippen LogP contribution >= 0.6 is 11.6 Å². The largest absolute Gasteiger partial charge is 0.459 e. The Labute approximate surface area is 164 Å². The number of alkyl halides is 1. The van der Waals surface area contributed by atoms with Crippen molar-refractivity contribution in [3.05, 3.63) is 35.4 Å². The predicted molar refractivity (Wildman–Crippen MR) is 99.3 cm³/mol. The summed E-state index contributed by atoms with van der Waals surface area (Å²) in [5, 5.41) is 0. The van der Waals surface area contributed by atoms with E-state index in [4.69, 9.17) is 40.0 Å². The van der Waals surface area contributed by atoms with Gasteiger partial charge in [0, 0.05) is 5.88 Å². The molecule has 7 nitrogen and oxygen atoms in total. The van der Waals surface area contributed by atoms with E-state index in [0.29, 0.717) is 70.9 Å². The lowest BCUT2D eigenvalue weighted by Gasteiger charge is -2.18. The lowest BCUT2D eigenvalue weighted by Crippen LogP contribution is -2.29. The summed E-state index contributed by atoms with van der Waals surface area (Å²) < 4.78 is 32.8. The minimum Gasteiger partial charge on any atom is -0.459 e. The van der Waals surface area contributed by atoms with Crippen molar-refractivity contribution in [2.45, 2.75) is 12.0 Å². The molecule has 0 aliphatic carbocycles. The first-order valence-corrected chi connectivity index (χ1v) is 9.57. The third-order valence-corrected chi connectivity index (χ3v) is 4.05. The number of carbonyl (C=O) groups excluding carboxylic acids is 1. The molecule has 0 amide bonds. The summed E-state index contributed by atoms with van der Waals surface area (Å²) in [6.45, 7) is 4.19. The molecule has 27 heavy (non-hydrogen) atoms. The third-order valence-electron chi connectivity index (χ3n) is 3.75. The van der Waals surface area contributed by atoms with Gasteiger partial charge in [0.2, 0.25) is 0 Å². The highest BCUT2D eigenvalue weighted by atomic mass is 35.5. The van der Waals surface area contributed by atoms with Gasteiger partial charge < -0.3 is 28.4 Å². The van der Waals surface area contributed by atoms with Crippen LogP contribution in [-0.2, 0) is 34.3 Å². The van der Waals surface area contributed by atoms with Crippen molar-refractivity contribution in [2.75, 3.05) is 66.1 Å².